The Hall–Kier alpha value is -4.97. The van der Waals surface area contributed by atoms with Crippen molar-refractivity contribution in [1.82, 2.24) is 0 Å². The number of hydrogen-bond acceptors (Lipinski definition) is 6. The molecule has 1 unspecified atom stereocenters. The van der Waals surface area contributed by atoms with Crippen LogP contribution in [0.25, 0.3) is 0 Å². The number of ether oxygens (including phenoxy) is 3. The van der Waals surface area contributed by atoms with Crippen LogP contribution in [0, 0.1) is 0 Å². The smallest absolute Gasteiger partial charge is 0.306 e. The Bertz CT molecular complexity index is 1640. The summed E-state index contributed by atoms with van der Waals surface area (Å²) in [4.78, 5) is 38.1. The van der Waals surface area contributed by atoms with Gasteiger partial charge in [-0.15, -0.1) is 0 Å². The van der Waals surface area contributed by atoms with Gasteiger partial charge in [0.15, 0.2) is 6.10 Å². The molecule has 396 valence electrons. The Morgan fingerprint density at radius 3 is 0.887 bits per heavy atom. The molecular formula is C65H100O6. The summed E-state index contributed by atoms with van der Waals surface area (Å²) in [5, 5.41) is 0. The molecule has 0 amide bonds. The fourth-order valence-electron chi connectivity index (χ4n) is 6.94. The van der Waals surface area contributed by atoms with E-state index in [1.807, 2.05) is 12.2 Å². The SMILES string of the molecule is CC/C=C\C/C=C\C/C=C\C/C=C\C/C=C\CCCCCC(=O)OC(COC(=O)CC/C=C\C/C=C\C/C=C\C/C=C\CC)COC(=O)CCCCCCCCCC/C=C\C/C=C\C/C=C\C/C=C\CC. The Morgan fingerprint density at radius 2 is 0.535 bits per heavy atom. The van der Waals surface area contributed by atoms with Crippen LogP contribution >= 0.6 is 0 Å². The van der Waals surface area contributed by atoms with Crippen LogP contribution in [-0.2, 0) is 28.6 Å². The predicted octanol–water partition coefficient (Wildman–Crippen LogP) is 19.0. The van der Waals surface area contributed by atoms with Gasteiger partial charge in [0.2, 0.25) is 0 Å². The van der Waals surface area contributed by atoms with Gasteiger partial charge in [-0.2, -0.15) is 0 Å². The zero-order valence-corrected chi connectivity index (χ0v) is 45.2. The number of rotatable bonds is 48. The molecule has 0 aliphatic heterocycles. The molecule has 0 saturated carbocycles. The largest absolute Gasteiger partial charge is 0.462 e. The zero-order valence-electron chi connectivity index (χ0n) is 45.2. The third-order valence-electron chi connectivity index (χ3n) is 11.0. The molecular weight excluding hydrogens is 877 g/mol. The van der Waals surface area contributed by atoms with Crippen LogP contribution in [-0.4, -0.2) is 37.2 Å². The van der Waals surface area contributed by atoms with E-state index in [2.05, 4.69) is 167 Å². The highest BCUT2D eigenvalue weighted by molar-refractivity contribution is 5.71. The van der Waals surface area contributed by atoms with E-state index in [1.54, 1.807) is 0 Å². The van der Waals surface area contributed by atoms with Crippen molar-refractivity contribution in [3.63, 3.8) is 0 Å². The number of esters is 3. The van der Waals surface area contributed by atoms with Gasteiger partial charge in [0, 0.05) is 19.3 Å². The summed E-state index contributed by atoms with van der Waals surface area (Å²) in [5.41, 5.74) is 0. The normalized spacial score (nSPS) is 13.3. The summed E-state index contributed by atoms with van der Waals surface area (Å²) in [6, 6.07) is 0. The van der Waals surface area contributed by atoms with Gasteiger partial charge >= 0.3 is 17.9 Å². The molecule has 0 rings (SSSR count). The second-order valence-electron chi connectivity index (χ2n) is 17.7. The third kappa shape index (κ3) is 55.8. The monoisotopic (exact) mass is 977 g/mol. The van der Waals surface area contributed by atoms with E-state index in [4.69, 9.17) is 14.2 Å². The number of unbranched alkanes of at least 4 members (excludes halogenated alkanes) is 11. The lowest BCUT2D eigenvalue weighted by Gasteiger charge is -2.18. The molecule has 6 heteroatoms. The Morgan fingerprint density at radius 1 is 0.282 bits per heavy atom. The van der Waals surface area contributed by atoms with E-state index in [0.717, 1.165) is 128 Å². The summed E-state index contributed by atoms with van der Waals surface area (Å²) in [6.45, 7) is 6.18. The second-order valence-corrected chi connectivity index (χ2v) is 17.7. The van der Waals surface area contributed by atoms with E-state index >= 15 is 0 Å². The van der Waals surface area contributed by atoms with Crippen LogP contribution in [0.5, 0.6) is 0 Å². The summed E-state index contributed by atoms with van der Waals surface area (Å²) in [5.74, 6) is -1.06. The quantitative estimate of drug-likeness (QED) is 0.0262. The lowest BCUT2D eigenvalue weighted by Crippen LogP contribution is -2.30. The molecule has 6 nitrogen and oxygen atoms in total. The first-order valence-corrected chi connectivity index (χ1v) is 28.0. The van der Waals surface area contributed by atoms with Crippen LogP contribution in [0.4, 0.5) is 0 Å². The highest BCUT2D eigenvalue weighted by atomic mass is 16.6. The van der Waals surface area contributed by atoms with Crippen molar-refractivity contribution in [1.29, 1.82) is 0 Å². The van der Waals surface area contributed by atoms with Crippen molar-refractivity contribution < 1.29 is 28.6 Å². The average Bonchev–Trinajstić information content (AvgIpc) is 3.37. The highest BCUT2D eigenvalue weighted by Crippen LogP contribution is 2.13. The molecule has 0 aromatic rings. The maximum atomic E-state index is 12.8. The highest BCUT2D eigenvalue weighted by Gasteiger charge is 2.19. The lowest BCUT2D eigenvalue weighted by molar-refractivity contribution is -0.166. The van der Waals surface area contributed by atoms with E-state index in [9.17, 15) is 14.4 Å². The molecule has 0 aliphatic rings. The minimum atomic E-state index is -0.836. The zero-order chi connectivity index (χ0) is 51.4. The van der Waals surface area contributed by atoms with Gasteiger partial charge in [-0.3, -0.25) is 14.4 Å². The first-order valence-electron chi connectivity index (χ1n) is 28.0. The molecule has 0 heterocycles. The van der Waals surface area contributed by atoms with Crippen molar-refractivity contribution in [2.75, 3.05) is 13.2 Å². The summed E-state index contributed by atoms with van der Waals surface area (Å²) in [6.07, 6.45) is 83.9. The van der Waals surface area contributed by atoms with Crippen molar-refractivity contribution >= 4 is 17.9 Å². The van der Waals surface area contributed by atoms with Crippen LogP contribution in [0.1, 0.15) is 213 Å². The fourth-order valence-corrected chi connectivity index (χ4v) is 6.94. The van der Waals surface area contributed by atoms with Gasteiger partial charge < -0.3 is 14.2 Å². The molecule has 0 bridgehead atoms. The number of allylic oxidation sites excluding steroid dienone is 26. The molecule has 71 heavy (non-hydrogen) atoms. The van der Waals surface area contributed by atoms with Gasteiger partial charge in [-0.1, -0.05) is 224 Å². The Labute approximate surface area is 435 Å². The van der Waals surface area contributed by atoms with Crippen LogP contribution in [0.2, 0.25) is 0 Å². The standard InChI is InChI=1S/C65H100O6/c1-4-7-10-13-16-19-22-25-27-29-31-32-34-35-37-40-43-46-49-52-55-58-64(67)70-61-62(60-69-63(66)57-54-51-48-45-42-39-24-21-18-15-12-9-6-3)71-65(68)59-56-53-50-47-44-41-38-36-33-30-28-26-23-20-17-14-11-8-5-2/h7-12,16-21,25-28,31-33,36,39,41-42,44,48,51,62H,4-6,13-15,22-24,29-30,34-35,37-38,40,43,45-47,49-50,52-61H2,1-3H3/b10-7-,11-8-,12-9-,19-16-,20-17-,21-18-,27-25-,28-26-,32-31-,36-33-,42-39-,44-41-,51-48-. The van der Waals surface area contributed by atoms with Gasteiger partial charge in [0.1, 0.15) is 13.2 Å². The fraction of sp³-hybridized carbons (Fsp3) is 0.554. The predicted molar refractivity (Wildman–Crippen MR) is 306 cm³/mol. The third-order valence-corrected chi connectivity index (χ3v) is 11.0. The van der Waals surface area contributed by atoms with Gasteiger partial charge in [0.25, 0.3) is 0 Å². The van der Waals surface area contributed by atoms with Crippen molar-refractivity contribution in [2.45, 2.75) is 219 Å². The molecule has 0 N–H and O–H groups in total. The molecule has 1 atom stereocenters. The van der Waals surface area contributed by atoms with E-state index < -0.39 is 6.10 Å². The molecule has 0 aliphatic carbocycles. The van der Waals surface area contributed by atoms with Crippen LogP contribution in [0.3, 0.4) is 0 Å². The van der Waals surface area contributed by atoms with E-state index in [0.29, 0.717) is 19.3 Å². The number of hydrogen-bond donors (Lipinski definition) is 0. The first-order chi connectivity index (χ1) is 35.0. The van der Waals surface area contributed by atoms with Gasteiger partial charge in [0.05, 0.1) is 0 Å². The van der Waals surface area contributed by atoms with E-state index in [1.165, 1.54) is 32.1 Å². The second kappa shape index (κ2) is 57.6. The van der Waals surface area contributed by atoms with Gasteiger partial charge in [-0.25, -0.2) is 0 Å². The molecule has 0 aromatic carbocycles. The van der Waals surface area contributed by atoms with Crippen LogP contribution in [0.15, 0.2) is 158 Å². The van der Waals surface area contributed by atoms with Crippen molar-refractivity contribution in [3.05, 3.63) is 158 Å². The first kappa shape index (κ1) is 66.0. The summed E-state index contributed by atoms with van der Waals surface area (Å²) >= 11 is 0. The van der Waals surface area contributed by atoms with Crippen molar-refractivity contribution in [3.8, 4) is 0 Å². The Kier molecular flexibility index (Phi) is 53.6. The average molecular weight is 978 g/mol. The maximum Gasteiger partial charge on any atom is 0.306 e. The van der Waals surface area contributed by atoms with Crippen molar-refractivity contribution in [2.24, 2.45) is 0 Å². The summed E-state index contributed by atoms with van der Waals surface area (Å²) in [7, 11) is 0. The topological polar surface area (TPSA) is 78.9 Å². The van der Waals surface area contributed by atoms with Gasteiger partial charge in [-0.05, 0) is 128 Å². The number of carbonyl (C=O) groups is 3. The maximum absolute atomic E-state index is 12.8. The van der Waals surface area contributed by atoms with E-state index in [-0.39, 0.29) is 44.0 Å². The minimum Gasteiger partial charge on any atom is -0.462 e. The summed E-state index contributed by atoms with van der Waals surface area (Å²) < 4.78 is 16.7. The lowest BCUT2D eigenvalue weighted by atomic mass is 10.1. The molecule has 0 saturated heterocycles. The molecule has 0 fully saturated rings. The minimum absolute atomic E-state index is 0.125. The molecule has 0 spiro atoms. The number of carbonyl (C=O) groups excluding carboxylic acids is 3. The molecule has 0 aromatic heterocycles. The Balaban J connectivity index is 4.53. The van der Waals surface area contributed by atoms with Crippen LogP contribution < -0.4 is 0 Å². The molecule has 0 radical (unpaired) electrons.